The van der Waals surface area contributed by atoms with E-state index in [2.05, 4.69) is 27.6 Å². The molecule has 6 heteroatoms. The Bertz CT molecular complexity index is 935. The van der Waals surface area contributed by atoms with Gasteiger partial charge >= 0.3 is 6.03 Å². The summed E-state index contributed by atoms with van der Waals surface area (Å²) >= 11 is 0. The Morgan fingerprint density at radius 1 is 1.07 bits per heavy atom. The number of nitrogens with one attached hydrogen (secondary N) is 1. The van der Waals surface area contributed by atoms with Gasteiger partial charge < -0.3 is 15.0 Å². The summed E-state index contributed by atoms with van der Waals surface area (Å²) in [6.45, 7) is 2.07. The predicted octanol–water partition coefficient (Wildman–Crippen LogP) is 3.82. The number of piperidine rings is 1. The largest absolute Gasteiger partial charge is 0.473 e. The molecule has 150 valence electrons. The van der Waals surface area contributed by atoms with Gasteiger partial charge in [0.15, 0.2) is 0 Å². The fourth-order valence-electron chi connectivity index (χ4n) is 3.67. The molecule has 0 unspecified atom stereocenters. The molecule has 1 fully saturated rings. The molecule has 0 radical (unpaired) electrons. The zero-order valence-electron chi connectivity index (χ0n) is 16.5. The second-order valence-corrected chi connectivity index (χ2v) is 7.36. The number of rotatable bonds is 6. The topological polar surface area (TPSA) is 67.4 Å². The number of ether oxygens (including phenoxy) is 1. The molecule has 0 bridgehead atoms. The highest BCUT2D eigenvalue weighted by Crippen LogP contribution is 2.24. The SMILES string of the molecule is O=C(NCCCc1ccccc1)N1CCC(Oc2nncc3ccccc23)CC1. The number of hydrogen-bond acceptors (Lipinski definition) is 4. The van der Waals surface area contributed by atoms with E-state index >= 15 is 0 Å². The van der Waals surface area contributed by atoms with Crippen molar-refractivity contribution in [1.29, 1.82) is 0 Å². The molecule has 2 amide bonds. The molecular weight excluding hydrogens is 364 g/mol. The zero-order valence-corrected chi connectivity index (χ0v) is 16.5. The van der Waals surface area contributed by atoms with Crippen LogP contribution in [-0.4, -0.2) is 46.9 Å². The number of aromatic nitrogens is 2. The van der Waals surface area contributed by atoms with E-state index in [1.54, 1.807) is 6.20 Å². The lowest BCUT2D eigenvalue weighted by molar-refractivity contribution is 0.108. The number of aryl methyl sites for hydroxylation is 1. The van der Waals surface area contributed by atoms with Gasteiger partial charge in [0.1, 0.15) is 6.10 Å². The Hall–Kier alpha value is -3.15. The van der Waals surface area contributed by atoms with E-state index in [-0.39, 0.29) is 12.1 Å². The quantitative estimate of drug-likeness (QED) is 0.650. The lowest BCUT2D eigenvalue weighted by Gasteiger charge is -2.32. The number of carbonyl (C=O) groups excluding carboxylic acids is 1. The standard InChI is InChI=1S/C23H26N4O2/c28-23(24-14-6-9-18-7-2-1-3-8-18)27-15-12-20(13-16-27)29-22-21-11-5-4-10-19(21)17-25-26-22/h1-5,7-8,10-11,17,20H,6,9,12-16H2,(H,24,28). The second-order valence-electron chi connectivity index (χ2n) is 7.36. The molecule has 1 aliphatic heterocycles. The molecule has 0 aliphatic carbocycles. The van der Waals surface area contributed by atoms with E-state index in [9.17, 15) is 4.79 Å². The summed E-state index contributed by atoms with van der Waals surface area (Å²) in [6, 6.07) is 18.3. The highest BCUT2D eigenvalue weighted by molar-refractivity contribution is 5.85. The maximum atomic E-state index is 12.4. The van der Waals surface area contributed by atoms with Gasteiger partial charge in [-0.2, -0.15) is 5.10 Å². The number of carbonyl (C=O) groups is 1. The van der Waals surface area contributed by atoms with Crippen molar-refractivity contribution in [3.8, 4) is 5.88 Å². The Morgan fingerprint density at radius 2 is 1.83 bits per heavy atom. The summed E-state index contributed by atoms with van der Waals surface area (Å²) in [5.41, 5.74) is 1.30. The van der Waals surface area contributed by atoms with Gasteiger partial charge in [0, 0.05) is 43.2 Å². The Kier molecular flexibility index (Phi) is 6.19. The average Bonchev–Trinajstić information content (AvgIpc) is 2.78. The van der Waals surface area contributed by atoms with Crippen LogP contribution in [0.5, 0.6) is 5.88 Å². The van der Waals surface area contributed by atoms with E-state index < -0.39 is 0 Å². The van der Waals surface area contributed by atoms with Crippen molar-refractivity contribution < 1.29 is 9.53 Å². The first-order valence-corrected chi connectivity index (χ1v) is 10.2. The summed E-state index contributed by atoms with van der Waals surface area (Å²) in [5.74, 6) is 0.576. The van der Waals surface area contributed by atoms with Gasteiger partial charge in [0.25, 0.3) is 0 Å². The molecule has 6 nitrogen and oxygen atoms in total. The molecule has 29 heavy (non-hydrogen) atoms. The fraction of sp³-hybridized carbons (Fsp3) is 0.348. The van der Waals surface area contributed by atoms with Crippen LogP contribution in [-0.2, 0) is 6.42 Å². The maximum absolute atomic E-state index is 12.4. The molecule has 4 rings (SSSR count). The maximum Gasteiger partial charge on any atom is 0.317 e. The minimum absolute atomic E-state index is 0.0152. The van der Waals surface area contributed by atoms with Crippen molar-refractivity contribution in [2.45, 2.75) is 31.8 Å². The van der Waals surface area contributed by atoms with Crippen molar-refractivity contribution >= 4 is 16.8 Å². The van der Waals surface area contributed by atoms with Crippen LogP contribution in [0.2, 0.25) is 0 Å². The number of hydrogen-bond donors (Lipinski definition) is 1. The summed E-state index contributed by atoms with van der Waals surface area (Å²) < 4.78 is 6.11. The molecular formula is C23H26N4O2. The minimum Gasteiger partial charge on any atom is -0.473 e. The van der Waals surface area contributed by atoms with E-state index in [4.69, 9.17) is 4.74 Å². The number of fused-ring (bicyclic) bond motifs is 1. The molecule has 0 saturated carbocycles. The normalized spacial score (nSPS) is 14.7. The first-order valence-electron chi connectivity index (χ1n) is 10.2. The van der Waals surface area contributed by atoms with Gasteiger partial charge in [-0.1, -0.05) is 48.5 Å². The van der Waals surface area contributed by atoms with Crippen LogP contribution in [0.25, 0.3) is 10.8 Å². The first-order chi connectivity index (χ1) is 14.3. The third-order valence-electron chi connectivity index (χ3n) is 5.31. The Morgan fingerprint density at radius 3 is 2.66 bits per heavy atom. The van der Waals surface area contributed by atoms with Crippen LogP contribution < -0.4 is 10.1 Å². The second kappa shape index (κ2) is 9.37. The van der Waals surface area contributed by atoms with Gasteiger partial charge in [0.2, 0.25) is 5.88 Å². The first kappa shape index (κ1) is 19.2. The van der Waals surface area contributed by atoms with Gasteiger partial charge in [-0.15, -0.1) is 5.10 Å². The molecule has 1 saturated heterocycles. The van der Waals surface area contributed by atoms with Crippen LogP contribution in [0, 0.1) is 0 Å². The van der Waals surface area contributed by atoms with Crippen LogP contribution in [0.1, 0.15) is 24.8 Å². The molecule has 2 heterocycles. The van der Waals surface area contributed by atoms with Crippen LogP contribution in [0.4, 0.5) is 4.79 Å². The number of urea groups is 1. The van der Waals surface area contributed by atoms with E-state index in [1.165, 1.54) is 5.56 Å². The van der Waals surface area contributed by atoms with Gasteiger partial charge in [-0.25, -0.2) is 4.79 Å². The summed E-state index contributed by atoms with van der Waals surface area (Å²) in [7, 11) is 0. The molecule has 1 aromatic heterocycles. The Balaban J connectivity index is 1.21. The minimum atomic E-state index is 0.0152. The lowest BCUT2D eigenvalue weighted by atomic mass is 10.1. The van der Waals surface area contributed by atoms with Gasteiger partial charge in [0.05, 0.1) is 6.20 Å². The third-order valence-corrected chi connectivity index (χ3v) is 5.31. The van der Waals surface area contributed by atoms with Crippen molar-refractivity contribution in [1.82, 2.24) is 20.4 Å². The average molecular weight is 390 g/mol. The van der Waals surface area contributed by atoms with Gasteiger partial charge in [-0.3, -0.25) is 0 Å². The summed E-state index contributed by atoms with van der Waals surface area (Å²) in [5, 5.41) is 13.2. The van der Waals surface area contributed by atoms with Crippen molar-refractivity contribution in [2.24, 2.45) is 0 Å². The summed E-state index contributed by atoms with van der Waals surface area (Å²) in [4.78, 5) is 14.3. The molecule has 0 atom stereocenters. The monoisotopic (exact) mass is 390 g/mol. The van der Waals surface area contributed by atoms with Crippen molar-refractivity contribution in [2.75, 3.05) is 19.6 Å². The smallest absolute Gasteiger partial charge is 0.317 e. The van der Waals surface area contributed by atoms with E-state index in [0.717, 1.165) is 36.5 Å². The van der Waals surface area contributed by atoms with Crippen molar-refractivity contribution in [3.05, 3.63) is 66.4 Å². The highest BCUT2D eigenvalue weighted by atomic mass is 16.5. The molecule has 1 N–H and O–H groups in total. The molecule has 3 aromatic rings. The van der Waals surface area contributed by atoms with Crippen LogP contribution in [0.15, 0.2) is 60.8 Å². The predicted molar refractivity (Wildman–Crippen MR) is 113 cm³/mol. The number of benzene rings is 2. The van der Waals surface area contributed by atoms with E-state index in [1.807, 2.05) is 47.4 Å². The third kappa shape index (κ3) is 5.02. The lowest BCUT2D eigenvalue weighted by Crippen LogP contribution is -2.46. The highest BCUT2D eigenvalue weighted by Gasteiger charge is 2.24. The van der Waals surface area contributed by atoms with Crippen LogP contribution >= 0.6 is 0 Å². The van der Waals surface area contributed by atoms with Crippen molar-refractivity contribution in [3.63, 3.8) is 0 Å². The van der Waals surface area contributed by atoms with Gasteiger partial charge in [-0.05, 0) is 24.5 Å². The number of likely N-dealkylation sites (tertiary alicyclic amines) is 1. The summed E-state index contributed by atoms with van der Waals surface area (Å²) in [6.07, 6.45) is 5.30. The zero-order chi connectivity index (χ0) is 19.9. The fourth-order valence-corrected chi connectivity index (χ4v) is 3.67. The number of amides is 2. The molecule has 0 spiro atoms. The van der Waals surface area contributed by atoms with Crippen LogP contribution in [0.3, 0.4) is 0 Å². The van der Waals surface area contributed by atoms with E-state index in [0.29, 0.717) is 25.5 Å². The molecule has 2 aromatic carbocycles. The molecule has 1 aliphatic rings. The number of nitrogens with zero attached hydrogens (tertiary/aromatic N) is 3. The Labute approximate surface area is 170 Å².